The van der Waals surface area contributed by atoms with Crippen molar-refractivity contribution in [2.45, 2.75) is 6.92 Å². The first-order valence-electron chi connectivity index (χ1n) is 4.03. The minimum atomic E-state index is 0.834. The van der Waals surface area contributed by atoms with E-state index in [1.54, 1.807) is 18.0 Å². The van der Waals surface area contributed by atoms with Crippen molar-refractivity contribution in [2.24, 2.45) is 0 Å². The predicted octanol–water partition coefficient (Wildman–Crippen LogP) is 3.18. The molecule has 3 heteroatoms. The summed E-state index contributed by atoms with van der Waals surface area (Å²) in [5.74, 6) is 0.977. The summed E-state index contributed by atoms with van der Waals surface area (Å²) in [6.07, 6.45) is 1.75. The fourth-order valence-electron chi connectivity index (χ4n) is 0.864. The second-order valence-corrected chi connectivity index (χ2v) is 4.35. The van der Waals surface area contributed by atoms with Gasteiger partial charge in [-0.3, -0.25) is 4.98 Å². The van der Waals surface area contributed by atoms with E-state index in [0.29, 0.717) is 0 Å². The van der Waals surface area contributed by atoms with Crippen LogP contribution in [0.1, 0.15) is 12.6 Å². The molecule has 0 bridgehead atoms. The lowest BCUT2D eigenvalue weighted by Crippen LogP contribution is -1.95. The quantitative estimate of drug-likeness (QED) is 0.560. The minimum absolute atomic E-state index is 0.834. The molecule has 1 heterocycles. The third-order valence-electron chi connectivity index (χ3n) is 1.50. The van der Waals surface area contributed by atoms with Gasteiger partial charge in [0.25, 0.3) is 0 Å². The summed E-state index contributed by atoms with van der Waals surface area (Å²) >= 11 is 6.81. The molecule has 0 aliphatic carbocycles. The highest BCUT2D eigenvalue weighted by atomic mass is 32.2. The summed E-state index contributed by atoms with van der Waals surface area (Å²) in [6.45, 7) is 5.99. The smallest absolute Gasteiger partial charge is 0.0793 e. The van der Waals surface area contributed by atoms with Gasteiger partial charge in [-0.15, -0.1) is 11.8 Å². The van der Waals surface area contributed by atoms with Crippen molar-refractivity contribution in [3.63, 3.8) is 0 Å². The Hall–Kier alpha value is -0.670. The van der Waals surface area contributed by atoms with Gasteiger partial charge in [0.15, 0.2) is 0 Å². The van der Waals surface area contributed by atoms with E-state index in [2.05, 4.69) is 18.5 Å². The van der Waals surface area contributed by atoms with Crippen molar-refractivity contribution in [3.8, 4) is 0 Å². The first kappa shape index (κ1) is 10.4. The van der Waals surface area contributed by atoms with Crippen LogP contribution in [0.3, 0.4) is 0 Å². The highest BCUT2D eigenvalue weighted by molar-refractivity contribution is 8.24. The van der Waals surface area contributed by atoms with Gasteiger partial charge in [-0.25, -0.2) is 0 Å². The molecule has 0 aliphatic heterocycles. The van der Waals surface area contributed by atoms with Crippen molar-refractivity contribution in [2.75, 3.05) is 5.75 Å². The number of hydrogen-bond acceptors (Lipinski definition) is 3. The predicted molar refractivity (Wildman–Crippen MR) is 64.0 cm³/mol. The summed E-state index contributed by atoms with van der Waals surface area (Å²) in [5.41, 5.74) is 1.72. The average molecular weight is 209 g/mol. The molecular formula is C10H11NS2. The molecule has 0 fully saturated rings. The van der Waals surface area contributed by atoms with Crippen molar-refractivity contribution in [1.29, 1.82) is 0 Å². The van der Waals surface area contributed by atoms with E-state index in [0.717, 1.165) is 21.2 Å². The fraction of sp³-hybridized carbons (Fsp3) is 0.200. The number of pyridine rings is 1. The second kappa shape index (κ2) is 5.14. The van der Waals surface area contributed by atoms with Gasteiger partial charge in [0.1, 0.15) is 0 Å². The minimum Gasteiger partial charge on any atom is -0.256 e. The van der Waals surface area contributed by atoms with Crippen molar-refractivity contribution in [3.05, 3.63) is 36.7 Å². The number of aromatic nitrogens is 1. The van der Waals surface area contributed by atoms with E-state index in [1.807, 2.05) is 18.2 Å². The Morgan fingerprint density at radius 1 is 1.62 bits per heavy atom. The van der Waals surface area contributed by atoms with Gasteiger partial charge >= 0.3 is 0 Å². The fourth-order valence-corrected chi connectivity index (χ4v) is 1.86. The van der Waals surface area contributed by atoms with E-state index in [1.165, 1.54) is 0 Å². The maximum absolute atomic E-state index is 5.18. The van der Waals surface area contributed by atoms with Gasteiger partial charge in [-0.2, -0.15) is 0 Å². The molecule has 1 aromatic rings. The zero-order valence-corrected chi connectivity index (χ0v) is 9.12. The van der Waals surface area contributed by atoms with E-state index < -0.39 is 0 Å². The molecule has 0 aliphatic rings. The van der Waals surface area contributed by atoms with Gasteiger partial charge in [-0.1, -0.05) is 31.8 Å². The van der Waals surface area contributed by atoms with Crippen LogP contribution in [-0.4, -0.2) is 14.9 Å². The van der Waals surface area contributed by atoms with Crippen LogP contribution in [0.5, 0.6) is 0 Å². The molecule has 0 unspecified atom stereocenters. The Morgan fingerprint density at radius 2 is 2.38 bits per heavy atom. The summed E-state index contributed by atoms with van der Waals surface area (Å²) in [7, 11) is 0. The molecule has 1 aromatic heterocycles. The Morgan fingerprint density at radius 3 is 2.92 bits per heavy atom. The molecule has 0 amide bonds. The zero-order chi connectivity index (χ0) is 9.68. The van der Waals surface area contributed by atoms with Crippen molar-refractivity contribution >= 4 is 33.7 Å². The van der Waals surface area contributed by atoms with Crippen LogP contribution < -0.4 is 0 Å². The normalized spacial score (nSPS) is 9.62. The Balaban J connectivity index is 2.74. The number of nitrogens with zero attached hydrogens (tertiary/aromatic N) is 1. The third kappa shape index (κ3) is 2.94. The van der Waals surface area contributed by atoms with Gasteiger partial charge in [0.2, 0.25) is 0 Å². The van der Waals surface area contributed by atoms with Crippen molar-refractivity contribution < 1.29 is 0 Å². The molecule has 0 atom stereocenters. The number of thioether (sulfide) groups is 1. The number of thiocarbonyl (C=S) groups is 1. The molecule has 68 valence electrons. The molecule has 0 N–H and O–H groups in total. The van der Waals surface area contributed by atoms with Gasteiger partial charge in [0.05, 0.1) is 9.89 Å². The second-order valence-electron chi connectivity index (χ2n) is 2.41. The zero-order valence-electron chi connectivity index (χ0n) is 7.49. The van der Waals surface area contributed by atoms with Crippen molar-refractivity contribution in [1.82, 2.24) is 4.98 Å². The Labute approximate surface area is 88.3 Å². The average Bonchev–Trinajstić information content (AvgIpc) is 2.18. The van der Waals surface area contributed by atoms with E-state index in [-0.39, 0.29) is 0 Å². The molecular weight excluding hydrogens is 198 g/mol. The summed E-state index contributed by atoms with van der Waals surface area (Å²) in [4.78, 5) is 4.18. The van der Waals surface area contributed by atoms with Gasteiger partial charge in [-0.05, 0) is 17.9 Å². The first-order valence-corrected chi connectivity index (χ1v) is 5.42. The molecule has 0 aromatic carbocycles. The van der Waals surface area contributed by atoms with Crippen LogP contribution in [0.2, 0.25) is 0 Å². The lowest BCUT2D eigenvalue weighted by atomic mass is 10.2. The third-order valence-corrected chi connectivity index (χ3v) is 2.89. The Kier molecular flexibility index (Phi) is 4.12. The SMILES string of the molecule is C=C(C(=S)SCC)c1ccccn1. The molecule has 0 saturated carbocycles. The first-order chi connectivity index (χ1) is 6.25. The number of rotatable bonds is 3. The molecule has 1 rings (SSSR count). The number of hydrogen-bond donors (Lipinski definition) is 0. The summed E-state index contributed by atoms with van der Waals surface area (Å²) in [6, 6.07) is 5.74. The highest BCUT2D eigenvalue weighted by Gasteiger charge is 2.04. The molecule has 13 heavy (non-hydrogen) atoms. The van der Waals surface area contributed by atoms with Gasteiger partial charge in [0, 0.05) is 11.8 Å². The van der Waals surface area contributed by atoms with E-state index in [9.17, 15) is 0 Å². The lowest BCUT2D eigenvalue weighted by molar-refractivity contribution is 1.29. The van der Waals surface area contributed by atoms with Crippen LogP contribution in [0.15, 0.2) is 31.0 Å². The molecule has 0 spiro atoms. The molecule has 0 saturated heterocycles. The summed E-state index contributed by atoms with van der Waals surface area (Å²) in [5, 5.41) is 0. The van der Waals surface area contributed by atoms with Gasteiger partial charge < -0.3 is 0 Å². The standard InChI is InChI=1S/C10H11NS2/c1-3-13-10(12)8(2)9-6-4-5-7-11-9/h4-7H,2-3H2,1H3. The van der Waals surface area contributed by atoms with E-state index in [4.69, 9.17) is 12.2 Å². The molecule has 1 nitrogen and oxygen atoms in total. The maximum Gasteiger partial charge on any atom is 0.0793 e. The highest BCUT2D eigenvalue weighted by Crippen LogP contribution is 2.19. The maximum atomic E-state index is 5.18. The Bertz CT molecular complexity index is 306. The topological polar surface area (TPSA) is 12.9 Å². The van der Waals surface area contributed by atoms with Crippen LogP contribution >= 0.6 is 24.0 Å². The van der Waals surface area contributed by atoms with Crippen LogP contribution in [0, 0.1) is 0 Å². The lowest BCUT2D eigenvalue weighted by Gasteiger charge is -2.04. The van der Waals surface area contributed by atoms with E-state index >= 15 is 0 Å². The van der Waals surface area contributed by atoms with Crippen LogP contribution in [-0.2, 0) is 0 Å². The monoisotopic (exact) mass is 209 g/mol. The largest absolute Gasteiger partial charge is 0.256 e. The summed E-state index contributed by atoms with van der Waals surface area (Å²) < 4.78 is 0.834. The van der Waals surface area contributed by atoms with Crippen LogP contribution in [0.4, 0.5) is 0 Å². The molecule has 0 radical (unpaired) electrons. The van der Waals surface area contributed by atoms with Crippen LogP contribution in [0.25, 0.3) is 5.57 Å².